The summed E-state index contributed by atoms with van der Waals surface area (Å²) in [5, 5.41) is 6.04. The summed E-state index contributed by atoms with van der Waals surface area (Å²) >= 11 is 0. The number of esters is 1. The molecule has 1 heterocycles. The molecule has 6 nitrogen and oxygen atoms in total. The molecule has 0 spiro atoms. The maximum atomic E-state index is 12.6. The lowest BCUT2D eigenvalue weighted by Crippen LogP contribution is -2.49. The Balaban J connectivity index is 1.59. The summed E-state index contributed by atoms with van der Waals surface area (Å²) in [6.07, 6.45) is 3.21. The second-order valence-electron chi connectivity index (χ2n) is 7.18. The zero-order valence-corrected chi connectivity index (χ0v) is 15.1. The number of rotatable bonds is 6. The van der Waals surface area contributed by atoms with Crippen molar-refractivity contribution in [2.24, 2.45) is 5.92 Å². The molecule has 1 saturated heterocycles. The fourth-order valence-corrected chi connectivity index (χ4v) is 3.96. The molecule has 4 atom stereocenters. The minimum atomic E-state index is -0.767. The van der Waals surface area contributed by atoms with E-state index >= 15 is 0 Å². The summed E-state index contributed by atoms with van der Waals surface area (Å²) in [6.45, 7) is 0.728. The van der Waals surface area contributed by atoms with Crippen LogP contribution in [0.25, 0.3) is 0 Å². The van der Waals surface area contributed by atoms with E-state index in [1.54, 1.807) is 0 Å². The molecule has 0 unspecified atom stereocenters. The van der Waals surface area contributed by atoms with E-state index < -0.39 is 12.0 Å². The van der Waals surface area contributed by atoms with Crippen LogP contribution >= 0.6 is 0 Å². The standard InChI is InChI=1S/C20H26N2O4/c1-26-20(25)17(10-14-8-5-9-18(14)23)22-19(24)16-11-15(12-21-16)13-6-3-2-4-7-13/h2-4,6-7,14-17,21H,5,8-12H2,1H3,(H,22,24)/t14-,15+,16-,17-/m0/s1. The summed E-state index contributed by atoms with van der Waals surface area (Å²) in [5.41, 5.74) is 1.20. The average molecular weight is 358 g/mol. The van der Waals surface area contributed by atoms with Gasteiger partial charge in [-0.25, -0.2) is 4.79 Å². The summed E-state index contributed by atoms with van der Waals surface area (Å²) < 4.78 is 4.83. The normalized spacial score (nSPS) is 26.5. The largest absolute Gasteiger partial charge is 0.467 e. The average Bonchev–Trinajstić information content (AvgIpc) is 3.31. The van der Waals surface area contributed by atoms with E-state index in [0.29, 0.717) is 19.3 Å². The Labute approximate surface area is 153 Å². The van der Waals surface area contributed by atoms with E-state index in [9.17, 15) is 14.4 Å². The first-order valence-corrected chi connectivity index (χ1v) is 9.27. The molecule has 1 aliphatic heterocycles. The Morgan fingerprint density at radius 2 is 2.08 bits per heavy atom. The van der Waals surface area contributed by atoms with E-state index in [4.69, 9.17) is 4.74 Å². The third kappa shape index (κ3) is 4.30. The zero-order valence-electron chi connectivity index (χ0n) is 15.1. The van der Waals surface area contributed by atoms with Crippen molar-refractivity contribution in [3.05, 3.63) is 35.9 Å². The molecule has 2 aliphatic rings. The molecular weight excluding hydrogens is 332 g/mol. The van der Waals surface area contributed by atoms with E-state index in [0.717, 1.165) is 19.4 Å². The van der Waals surface area contributed by atoms with Crippen molar-refractivity contribution in [3.63, 3.8) is 0 Å². The van der Waals surface area contributed by atoms with Crippen LogP contribution < -0.4 is 10.6 Å². The summed E-state index contributed by atoms with van der Waals surface area (Å²) in [5.74, 6) is -0.399. The molecule has 1 aromatic carbocycles. The first-order chi connectivity index (χ1) is 12.6. The van der Waals surface area contributed by atoms with E-state index in [-0.39, 0.29) is 29.6 Å². The van der Waals surface area contributed by atoms with Gasteiger partial charge in [0.2, 0.25) is 5.91 Å². The monoisotopic (exact) mass is 358 g/mol. The lowest BCUT2D eigenvalue weighted by atomic mass is 9.95. The molecule has 1 aromatic rings. The van der Waals surface area contributed by atoms with Crippen LogP contribution in [-0.4, -0.2) is 43.4 Å². The Hall–Kier alpha value is -2.21. The molecule has 1 amide bonds. The molecule has 1 saturated carbocycles. The number of benzene rings is 1. The molecule has 0 bridgehead atoms. The second-order valence-corrected chi connectivity index (χ2v) is 7.18. The quantitative estimate of drug-likeness (QED) is 0.754. The van der Waals surface area contributed by atoms with Gasteiger partial charge in [-0.15, -0.1) is 0 Å². The number of hydrogen-bond donors (Lipinski definition) is 2. The van der Waals surface area contributed by atoms with E-state index in [1.807, 2.05) is 18.2 Å². The third-order valence-electron chi connectivity index (χ3n) is 5.47. The van der Waals surface area contributed by atoms with Crippen molar-refractivity contribution in [1.29, 1.82) is 0 Å². The van der Waals surface area contributed by atoms with Gasteiger partial charge in [-0.2, -0.15) is 0 Å². The summed E-state index contributed by atoms with van der Waals surface area (Å²) in [4.78, 5) is 36.6. The van der Waals surface area contributed by atoms with Crippen LogP contribution in [0.5, 0.6) is 0 Å². The van der Waals surface area contributed by atoms with Crippen LogP contribution in [0.15, 0.2) is 30.3 Å². The number of methoxy groups -OCH3 is 1. The SMILES string of the molecule is COC(=O)[C@H](C[C@@H]1CCCC1=O)NC(=O)[C@@H]1C[C@@H](c2ccccc2)CN1. The maximum Gasteiger partial charge on any atom is 0.328 e. The zero-order chi connectivity index (χ0) is 18.5. The summed E-state index contributed by atoms with van der Waals surface area (Å²) in [6, 6.07) is 8.99. The first kappa shape index (κ1) is 18.6. The van der Waals surface area contributed by atoms with Gasteiger partial charge in [0.15, 0.2) is 0 Å². The Morgan fingerprint density at radius 3 is 2.73 bits per heavy atom. The Morgan fingerprint density at radius 1 is 1.31 bits per heavy atom. The van der Waals surface area contributed by atoms with Crippen LogP contribution in [0.4, 0.5) is 0 Å². The van der Waals surface area contributed by atoms with Gasteiger partial charge in [-0.05, 0) is 37.2 Å². The molecule has 140 valence electrons. The molecule has 6 heteroatoms. The number of Topliss-reactive ketones (excluding diaryl/α,β-unsaturated/α-hetero) is 1. The smallest absolute Gasteiger partial charge is 0.328 e. The Bertz CT molecular complexity index is 661. The molecule has 2 fully saturated rings. The molecular formula is C20H26N2O4. The van der Waals surface area contributed by atoms with Crippen molar-refractivity contribution in [1.82, 2.24) is 10.6 Å². The van der Waals surface area contributed by atoms with Crippen LogP contribution in [-0.2, 0) is 19.1 Å². The fraction of sp³-hybridized carbons (Fsp3) is 0.550. The van der Waals surface area contributed by atoms with Crippen LogP contribution in [0.2, 0.25) is 0 Å². The van der Waals surface area contributed by atoms with Crippen LogP contribution in [0.3, 0.4) is 0 Å². The molecule has 0 radical (unpaired) electrons. The van der Waals surface area contributed by atoms with Crippen molar-refractivity contribution in [3.8, 4) is 0 Å². The summed E-state index contributed by atoms with van der Waals surface area (Å²) in [7, 11) is 1.30. The fourth-order valence-electron chi connectivity index (χ4n) is 3.96. The van der Waals surface area contributed by atoms with Crippen LogP contribution in [0, 0.1) is 5.92 Å². The topological polar surface area (TPSA) is 84.5 Å². The number of amides is 1. The predicted molar refractivity (Wildman–Crippen MR) is 96.5 cm³/mol. The lowest BCUT2D eigenvalue weighted by Gasteiger charge is -2.21. The van der Waals surface area contributed by atoms with E-state index in [2.05, 4.69) is 22.8 Å². The highest BCUT2D eigenvalue weighted by atomic mass is 16.5. The Kier molecular flexibility index (Phi) is 6.04. The van der Waals surface area contributed by atoms with Gasteiger partial charge >= 0.3 is 5.97 Å². The molecule has 0 aromatic heterocycles. The van der Waals surface area contributed by atoms with Crippen LogP contribution in [0.1, 0.15) is 43.6 Å². The predicted octanol–water partition coefficient (Wildman–Crippen LogP) is 1.55. The van der Waals surface area contributed by atoms with Gasteiger partial charge in [0.05, 0.1) is 13.2 Å². The highest BCUT2D eigenvalue weighted by Gasteiger charge is 2.35. The molecule has 1 aliphatic carbocycles. The van der Waals surface area contributed by atoms with Crippen molar-refractivity contribution < 1.29 is 19.1 Å². The second kappa shape index (κ2) is 8.45. The minimum Gasteiger partial charge on any atom is -0.467 e. The van der Waals surface area contributed by atoms with Crippen molar-refractivity contribution in [2.45, 2.75) is 50.1 Å². The number of nitrogens with one attached hydrogen (secondary N) is 2. The van der Waals surface area contributed by atoms with Gasteiger partial charge in [-0.3, -0.25) is 9.59 Å². The third-order valence-corrected chi connectivity index (χ3v) is 5.47. The highest BCUT2D eigenvalue weighted by molar-refractivity contribution is 5.89. The van der Waals surface area contributed by atoms with E-state index in [1.165, 1.54) is 12.7 Å². The highest BCUT2D eigenvalue weighted by Crippen LogP contribution is 2.27. The maximum absolute atomic E-state index is 12.6. The van der Waals surface area contributed by atoms with Gasteiger partial charge in [-0.1, -0.05) is 30.3 Å². The number of ether oxygens (including phenoxy) is 1. The number of hydrogen-bond acceptors (Lipinski definition) is 5. The molecule has 2 N–H and O–H groups in total. The van der Waals surface area contributed by atoms with Crippen molar-refractivity contribution in [2.75, 3.05) is 13.7 Å². The van der Waals surface area contributed by atoms with Gasteiger partial charge in [0.1, 0.15) is 11.8 Å². The number of ketones is 1. The van der Waals surface area contributed by atoms with Crippen molar-refractivity contribution >= 4 is 17.7 Å². The lowest BCUT2D eigenvalue weighted by molar-refractivity contribution is -0.146. The number of carbonyl (C=O) groups excluding carboxylic acids is 3. The number of carbonyl (C=O) groups is 3. The van der Waals surface area contributed by atoms with Gasteiger partial charge in [0.25, 0.3) is 0 Å². The van der Waals surface area contributed by atoms with Gasteiger partial charge in [0, 0.05) is 18.9 Å². The minimum absolute atomic E-state index is 0.159. The molecule has 3 rings (SSSR count). The molecule has 26 heavy (non-hydrogen) atoms. The van der Waals surface area contributed by atoms with Gasteiger partial charge < -0.3 is 15.4 Å². The first-order valence-electron chi connectivity index (χ1n) is 9.27.